The highest BCUT2D eigenvalue weighted by Crippen LogP contribution is 2.39. The third-order valence-electron chi connectivity index (χ3n) is 3.40. The van der Waals surface area contributed by atoms with Gasteiger partial charge in [-0.2, -0.15) is 0 Å². The second kappa shape index (κ2) is 3.39. The third-order valence-corrected chi connectivity index (χ3v) is 3.64. The molecule has 0 atom stereocenters. The molecule has 2 saturated heterocycles. The van der Waals surface area contributed by atoms with Crippen LogP contribution in [0.5, 0.6) is 0 Å². The van der Waals surface area contributed by atoms with E-state index in [9.17, 15) is 0 Å². The van der Waals surface area contributed by atoms with Gasteiger partial charge in [0.1, 0.15) is 0 Å². The standard InChI is InChI=1S/C12H14ClNO/c13-10-2-1-3-11(8-10)14-6-4-12(5-7-14)9-15-12/h1-3,8H,4-7,9H2. The van der Waals surface area contributed by atoms with Crippen molar-refractivity contribution in [3.8, 4) is 0 Å². The summed E-state index contributed by atoms with van der Waals surface area (Å²) in [6.45, 7) is 3.14. The second-order valence-electron chi connectivity index (χ2n) is 4.44. The Morgan fingerprint density at radius 2 is 2.00 bits per heavy atom. The van der Waals surface area contributed by atoms with Crippen molar-refractivity contribution in [2.45, 2.75) is 18.4 Å². The molecule has 0 unspecified atom stereocenters. The van der Waals surface area contributed by atoms with Gasteiger partial charge in [-0.05, 0) is 31.0 Å². The lowest BCUT2D eigenvalue weighted by Gasteiger charge is -2.32. The van der Waals surface area contributed by atoms with Crippen LogP contribution in [-0.2, 0) is 4.74 Å². The molecule has 2 nitrogen and oxygen atoms in total. The molecule has 3 heteroatoms. The van der Waals surface area contributed by atoms with Crippen molar-refractivity contribution in [2.24, 2.45) is 0 Å². The molecule has 1 aromatic carbocycles. The van der Waals surface area contributed by atoms with Crippen LogP contribution in [0, 0.1) is 0 Å². The van der Waals surface area contributed by atoms with Gasteiger partial charge in [-0.15, -0.1) is 0 Å². The highest BCUT2D eigenvalue weighted by atomic mass is 35.5. The van der Waals surface area contributed by atoms with Gasteiger partial charge in [0.25, 0.3) is 0 Å². The van der Waals surface area contributed by atoms with Gasteiger partial charge in [0.05, 0.1) is 12.2 Å². The lowest BCUT2D eigenvalue weighted by Crippen LogP contribution is -2.37. The van der Waals surface area contributed by atoms with Crippen LogP contribution in [0.2, 0.25) is 5.02 Å². The number of nitrogens with zero attached hydrogens (tertiary/aromatic N) is 1. The van der Waals surface area contributed by atoms with Crippen LogP contribution in [0.25, 0.3) is 0 Å². The molecule has 1 spiro atoms. The fraction of sp³-hybridized carbons (Fsp3) is 0.500. The lowest BCUT2D eigenvalue weighted by molar-refractivity contribution is 0.259. The van der Waals surface area contributed by atoms with Gasteiger partial charge in [-0.1, -0.05) is 17.7 Å². The lowest BCUT2D eigenvalue weighted by atomic mass is 9.97. The molecule has 2 fully saturated rings. The summed E-state index contributed by atoms with van der Waals surface area (Å²) in [5, 5.41) is 0.815. The van der Waals surface area contributed by atoms with Gasteiger partial charge in [0, 0.05) is 23.8 Å². The van der Waals surface area contributed by atoms with Crippen LogP contribution >= 0.6 is 11.6 Å². The Morgan fingerprint density at radius 3 is 2.60 bits per heavy atom. The average molecular weight is 224 g/mol. The minimum absolute atomic E-state index is 0.259. The number of epoxide rings is 1. The Kier molecular flexibility index (Phi) is 2.15. The van der Waals surface area contributed by atoms with Crippen LogP contribution in [0.15, 0.2) is 24.3 Å². The maximum Gasteiger partial charge on any atom is 0.0950 e. The molecular formula is C12H14ClNO. The molecule has 1 aromatic rings. The zero-order valence-corrected chi connectivity index (χ0v) is 9.33. The van der Waals surface area contributed by atoms with E-state index in [1.165, 1.54) is 5.69 Å². The number of anilines is 1. The van der Waals surface area contributed by atoms with E-state index in [2.05, 4.69) is 11.0 Å². The first-order chi connectivity index (χ1) is 7.27. The molecule has 2 aliphatic heterocycles. The van der Waals surface area contributed by atoms with E-state index < -0.39 is 0 Å². The van der Waals surface area contributed by atoms with Gasteiger partial charge >= 0.3 is 0 Å². The fourth-order valence-electron chi connectivity index (χ4n) is 2.24. The number of ether oxygens (including phenoxy) is 1. The fourth-order valence-corrected chi connectivity index (χ4v) is 2.42. The molecule has 0 aliphatic carbocycles. The molecule has 0 aromatic heterocycles. The molecule has 2 heterocycles. The minimum atomic E-state index is 0.259. The first-order valence-corrected chi connectivity index (χ1v) is 5.80. The first-order valence-electron chi connectivity index (χ1n) is 5.42. The summed E-state index contributed by atoms with van der Waals surface area (Å²) < 4.78 is 5.49. The van der Waals surface area contributed by atoms with Gasteiger partial charge in [0.15, 0.2) is 0 Å². The summed E-state index contributed by atoms with van der Waals surface area (Å²) in [5.74, 6) is 0. The molecule has 0 radical (unpaired) electrons. The number of rotatable bonds is 1. The summed E-state index contributed by atoms with van der Waals surface area (Å²) in [7, 11) is 0. The molecule has 80 valence electrons. The van der Waals surface area contributed by atoms with Gasteiger partial charge < -0.3 is 9.64 Å². The van der Waals surface area contributed by atoms with E-state index in [0.717, 1.165) is 37.6 Å². The quantitative estimate of drug-likeness (QED) is 0.681. The summed E-state index contributed by atoms with van der Waals surface area (Å²) in [6.07, 6.45) is 2.30. The third kappa shape index (κ3) is 1.84. The largest absolute Gasteiger partial charge is 0.371 e. The molecular weight excluding hydrogens is 210 g/mol. The highest BCUT2D eigenvalue weighted by Gasteiger charge is 2.46. The monoisotopic (exact) mass is 223 g/mol. The number of hydrogen-bond acceptors (Lipinski definition) is 2. The average Bonchev–Trinajstić information content (AvgIpc) is 2.99. The number of benzene rings is 1. The van der Waals surface area contributed by atoms with Gasteiger partial charge in [0.2, 0.25) is 0 Å². The van der Waals surface area contributed by atoms with Crippen molar-refractivity contribution in [1.29, 1.82) is 0 Å². The van der Waals surface area contributed by atoms with Crippen molar-refractivity contribution in [3.05, 3.63) is 29.3 Å². The minimum Gasteiger partial charge on any atom is -0.371 e. The summed E-state index contributed by atoms with van der Waals surface area (Å²) >= 11 is 5.98. The zero-order valence-electron chi connectivity index (χ0n) is 8.58. The predicted molar refractivity (Wildman–Crippen MR) is 61.6 cm³/mol. The van der Waals surface area contributed by atoms with E-state index in [1.54, 1.807) is 0 Å². The Balaban J connectivity index is 1.73. The molecule has 0 bridgehead atoms. The Hall–Kier alpha value is -0.730. The van der Waals surface area contributed by atoms with Crippen LogP contribution in [0.3, 0.4) is 0 Å². The van der Waals surface area contributed by atoms with Crippen molar-refractivity contribution in [3.63, 3.8) is 0 Å². The van der Waals surface area contributed by atoms with Crippen LogP contribution < -0.4 is 4.90 Å². The topological polar surface area (TPSA) is 15.8 Å². The number of piperidine rings is 1. The smallest absolute Gasteiger partial charge is 0.0950 e. The number of hydrogen-bond donors (Lipinski definition) is 0. The maximum atomic E-state index is 5.98. The zero-order chi connectivity index (χ0) is 10.3. The van der Waals surface area contributed by atoms with E-state index in [4.69, 9.17) is 16.3 Å². The Bertz CT molecular complexity index is 366. The summed E-state index contributed by atoms with van der Waals surface area (Å²) in [6, 6.07) is 8.08. The Labute approximate surface area is 94.8 Å². The van der Waals surface area contributed by atoms with Gasteiger partial charge in [-0.3, -0.25) is 0 Å². The van der Waals surface area contributed by atoms with Crippen LogP contribution in [-0.4, -0.2) is 25.3 Å². The van der Waals surface area contributed by atoms with E-state index in [-0.39, 0.29) is 5.60 Å². The summed E-state index contributed by atoms with van der Waals surface area (Å²) in [4.78, 5) is 2.39. The van der Waals surface area contributed by atoms with Crippen LogP contribution in [0.1, 0.15) is 12.8 Å². The van der Waals surface area contributed by atoms with Gasteiger partial charge in [-0.25, -0.2) is 0 Å². The van der Waals surface area contributed by atoms with Crippen molar-refractivity contribution >= 4 is 17.3 Å². The highest BCUT2D eigenvalue weighted by molar-refractivity contribution is 6.30. The van der Waals surface area contributed by atoms with Crippen LogP contribution in [0.4, 0.5) is 5.69 Å². The molecule has 15 heavy (non-hydrogen) atoms. The normalized spacial score (nSPS) is 23.1. The van der Waals surface area contributed by atoms with Crippen molar-refractivity contribution < 1.29 is 4.74 Å². The molecule has 0 amide bonds. The van der Waals surface area contributed by atoms with E-state index >= 15 is 0 Å². The maximum absolute atomic E-state index is 5.98. The molecule has 0 saturated carbocycles. The van der Waals surface area contributed by atoms with Crippen molar-refractivity contribution in [1.82, 2.24) is 0 Å². The van der Waals surface area contributed by atoms with E-state index in [0.29, 0.717) is 0 Å². The Morgan fingerprint density at radius 1 is 1.27 bits per heavy atom. The molecule has 2 aliphatic rings. The first kappa shape index (κ1) is 9.49. The molecule has 0 N–H and O–H groups in total. The number of halogens is 1. The molecule has 3 rings (SSSR count). The predicted octanol–water partition coefficient (Wildman–Crippen LogP) is 2.71. The second-order valence-corrected chi connectivity index (χ2v) is 4.88. The van der Waals surface area contributed by atoms with Crippen molar-refractivity contribution in [2.75, 3.05) is 24.6 Å². The van der Waals surface area contributed by atoms with E-state index in [1.807, 2.05) is 18.2 Å². The summed E-state index contributed by atoms with van der Waals surface area (Å²) in [5.41, 5.74) is 1.49. The SMILES string of the molecule is Clc1cccc(N2CCC3(CC2)CO3)c1.